The van der Waals surface area contributed by atoms with Crippen molar-refractivity contribution in [3.8, 4) is 0 Å². The quantitative estimate of drug-likeness (QED) is 0.813. The maximum atomic E-state index is 12.9. The lowest BCUT2D eigenvalue weighted by atomic mass is 10.1. The highest BCUT2D eigenvalue weighted by Gasteiger charge is 2.29. The number of piperazine rings is 1. The van der Waals surface area contributed by atoms with Crippen molar-refractivity contribution in [1.29, 1.82) is 0 Å². The Morgan fingerprint density at radius 1 is 0.966 bits per heavy atom. The first kappa shape index (κ1) is 20.1. The molecule has 0 aliphatic carbocycles. The van der Waals surface area contributed by atoms with Gasteiger partial charge in [-0.1, -0.05) is 30.3 Å². The molecule has 1 fully saturated rings. The molecule has 1 N–H and O–H groups in total. The minimum Gasteiger partial charge on any atom is -0.387 e. The SMILES string of the molecule is Cn1ccc2c1C(O)CCN(CCCN1CCN(Cc3ccccc3)CC1)C2=O. The minimum atomic E-state index is -0.559. The Bertz CT molecular complexity index is 812. The third-order valence-corrected chi connectivity index (χ3v) is 6.24. The van der Waals surface area contributed by atoms with E-state index in [0.29, 0.717) is 18.5 Å². The summed E-state index contributed by atoms with van der Waals surface area (Å²) in [6, 6.07) is 12.5. The minimum absolute atomic E-state index is 0.0600. The molecule has 1 atom stereocenters. The lowest BCUT2D eigenvalue weighted by Gasteiger charge is -2.35. The molecule has 4 rings (SSSR count). The molecule has 0 spiro atoms. The van der Waals surface area contributed by atoms with Gasteiger partial charge < -0.3 is 19.5 Å². The average molecular weight is 397 g/mol. The molecular weight excluding hydrogens is 364 g/mol. The van der Waals surface area contributed by atoms with Crippen molar-refractivity contribution < 1.29 is 9.90 Å². The molecule has 2 aliphatic rings. The number of benzene rings is 1. The second-order valence-electron chi connectivity index (χ2n) is 8.28. The summed E-state index contributed by atoms with van der Waals surface area (Å²) in [6.07, 6.45) is 2.89. The van der Waals surface area contributed by atoms with Crippen LogP contribution in [-0.2, 0) is 13.6 Å². The standard InChI is InChI=1S/C23H32N4O2/c1-24-12-8-20-22(24)21(28)9-13-27(23(20)29)11-5-10-25-14-16-26(17-15-25)18-19-6-3-2-4-7-19/h2-4,6-8,12,21,28H,5,9-11,13-18H2,1H3. The highest BCUT2D eigenvalue weighted by atomic mass is 16.3. The normalized spacial score (nSPS) is 21.2. The van der Waals surface area contributed by atoms with Gasteiger partial charge in [-0.05, 0) is 31.0 Å². The van der Waals surface area contributed by atoms with Crippen LogP contribution in [0.2, 0.25) is 0 Å². The Hall–Kier alpha value is -2.15. The third kappa shape index (κ3) is 4.71. The molecule has 0 bridgehead atoms. The molecule has 1 saturated heterocycles. The Morgan fingerprint density at radius 2 is 1.69 bits per heavy atom. The molecule has 6 heteroatoms. The van der Waals surface area contributed by atoms with Crippen LogP contribution in [0.15, 0.2) is 42.6 Å². The fourth-order valence-electron chi connectivity index (χ4n) is 4.54. The van der Waals surface area contributed by atoms with E-state index >= 15 is 0 Å². The van der Waals surface area contributed by atoms with Crippen LogP contribution in [0.25, 0.3) is 0 Å². The molecule has 2 aliphatic heterocycles. The van der Waals surface area contributed by atoms with Gasteiger partial charge in [-0.2, -0.15) is 0 Å². The molecule has 0 saturated carbocycles. The molecule has 0 radical (unpaired) electrons. The van der Waals surface area contributed by atoms with Gasteiger partial charge in [0.05, 0.1) is 17.4 Å². The highest BCUT2D eigenvalue weighted by molar-refractivity contribution is 5.96. The molecule has 29 heavy (non-hydrogen) atoms. The van der Waals surface area contributed by atoms with Crippen LogP contribution in [-0.4, -0.2) is 76.1 Å². The molecule has 1 aromatic heterocycles. The zero-order valence-corrected chi connectivity index (χ0v) is 17.3. The number of fused-ring (bicyclic) bond motifs is 1. The van der Waals surface area contributed by atoms with Gasteiger partial charge in [0, 0.05) is 59.1 Å². The Labute approximate surface area is 173 Å². The van der Waals surface area contributed by atoms with Crippen LogP contribution in [0.5, 0.6) is 0 Å². The summed E-state index contributed by atoms with van der Waals surface area (Å²) in [5.41, 5.74) is 2.79. The second-order valence-corrected chi connectivity index (χ2v) is 8.28. The van der Waals surface area contributed by atoms with Crippen LogP contribution >= 0.6 is 0 Å². The fourth-order valence-corrected chi connectivity index (χ4v) is 4.54. The van der Waals surface area contributed by atoms with E-state index in [9.17, 15) is 9.90 Å². The molecule has 6 nitrogen and oxygen atoms in total. The van der Waals surface area contributed by atoms with Gasteiger partial charge in [-0.15, -0.1) is 0 Å². The number of nitrogens with zero attached hydrogens (tertiary/aromatic N) is 4. The van der Waals surface area contributed by atoms with Crippen LogP contribution in [0.3, 0.4) is 0 Å². The number of aryl methyl sites for hydroxylation is 1. The fraction of sp³-hybridized carbons (Fsp3) is 0.522. The second kappa shape index (κ2) is 9.11. The van der Waals surface area contributed by atoms with Crippen molar-refractivity contribution in [1.82, 2.24) is 19.3 Å². The van der Waals surface area contributed by atoms with E-state index in [4.69, 9.17) is 0 Å². The maximum Gasteiger partial charge on any atom is 0.255 e. The number of aliphatic hydroxyl groups excluding tert-OH is 1. The van der Waals surface area contributed by atoms with E-state index in [1.54, 1.807) is 0 Å². The first-order chi connectivity index (χ1) is 14.1. The number of carbonyl (C=O) groups is 1. The van der Waals surface area contributed by atoms with E-state index in [1.807, 2.05) is 28.8 Å². The Balaban J connectivity index is 1.22. The summed E-state index contributed by atoms with van der Waals surface area (Å²) < 4.78 is 1.87. The van der Waals surface area contributed by atoms with Crippen LogP contribution in [0.4, 0.5) is 0 Å². The summed E-state index contributed by atoms with van der Waals surface area (Å²) >= 11 is 0. The molecule has 156 valence electrons. The van der Waals surface area contributed by atoms with Gasteiger partial charge in [-0.3, -0.25) is 9.69 Å². The third-order valence-electron chi connectivity index (χ3n) is 6.24. The van der Waals surface area contributed by atoms with Gasteiger partial charge in [0.15, 0.2) is 0 Å². The Kier molecular flexibility index (Phi) is 6.33. The van der Waals surface area contributed by atoms with Gasteiger partial charge in [-0.25, -0.2) is 0 Å². The zero-order valence-electron chi connectivity index (χ0n) is 17.3. The molecule has 1 aromatic carbocycles. The molecule has 1 unspecified atom stereocenters. The highest BCUT2D eigenvalue weighted by Crippen LogP contribution is 2.27. The van der Waals surface area contributed by atoms with Crippen molar-refractivity contribution in [3.63, 3.8) is 0 Å². The van der Waals surface area contributed by atoms with Crippen molar-refractivity contribution in [2.45, 2.75) is 25.5 Å². The topological polar surface area (TPSA) is 52.0 Å². The van der Waals surface area contributed by atoms with Crippen molar-refractivity contribution in [2.75, 3.05) is 45.8 Å². The molecular formula is C23H32N4O2. The van der Waals surface area contributed by atoms with Crippen molar-refractivity contribution in [3.05, 3.63) is 59.4 Å². The van der Waals surface area contributed by atoms with Crippen molar-refractivity contribution in [2.24, 2.45) is 7.05 Å². The summed E-state index contributed by atoms with van der Waals surface area (Å²) in [7, 11) is 1.89. The number of hydrogen-bond acceptors (Lipinski definition) is 4. The molecule has 2 aromatic rings. The molecule has 3 heterocycles. The Morgan fingerprint density at radius 3 is 2.45 bits per heavy atom. The first-order valence-corrected chi connectivity index (χ1v) is 10.7. The van der Waals surface area contributed by atoms with Gasteiger partial charge >= 0.3 is 0 Å². The number of aliphatic hydroxyl groups is 1. The average Bonchev–Trinajstić information content (AvgIpc) is 3.08. The predicted octanol–water partition coefficient (Wildman–Crippen LogP) is 2.11. The van der Waals surface area contributed by atoms with Crippen LogP contribution < -0.4 is 0 Å². The summed E-state index contributed by atoms with van der Waals surface area (Å²) in [5, 5.41) is 10.4. The van der Waals surface area contributed by atoms with E-state index in [2.05, 4.69) is 40.1 Å². The van der Waals surface area contributed by atoms with Gasteiger partial charge in [0.2, 0.25) is 0 Å². The molecule has 1 amide bonds. The number of aromatic nitrogens is 1. The summed E-state index contributed by atoms with van der Waals surface area (Å²) in [5.74, 6) is 0.0600. The number of rotatable bonds is 6. The van der Waals surface area contributed by atoms with Crippen LogP contribution in [0.1, 0.15) is 40.6 Å². The number of amides is 1. The van der Waals surface area contributed by atoms with Crippen molar-refractivity contribution >= 4 is 5.91 Å². The number of hydrogen-bond donors (Lipinski definition) is 1. The largest absolute Gasteiger partial charge is 0.387 e. The van der Waals surface area contributed by atoms with Crippen LogP contribution in [0, 0.1) is 0 Å². The number of carbonyl (C=O) groups excluding carboxylic acids is 1. The van der Waals surface area contributed by atoms with E-state index < -0.39 is 6.10 Å². The van der Waals surface area contributed by atoms with Gasteiger partial charge in [0.25, 0.3) is 5.91 Å². The van der Waals surface area contributed by atoms with E-state index in [1.165, 1.54) is 5.56 Å². The summed E-state index contributed by atoms with van der Waals surface area (Å²) in [4.78, 5) is 19.8. The lowest BCUT2D eigenvalue weighted by molar-refractivity contribution is 0.0728. The monoisotopic (exact) mass is 396 g/mol. The van der Waals surface area contributed by atoms with E-state index in [0.717, 1.165) is 57.9 Å². The summed E-state index contributed by atoms with van der Waals surface area (Å²) in [6.45, 7) is 7.79. The van der Waals surface area contributed by atoms with E-state index in [-0.39, 0.29) is 5.91 Å². The first-order valence-electron chi connectivity index (χ1n) is 10.7. The zero-order chi connectivity index (χ0) is 20.2. The van der Waals surface area contributed by atoms with Gasteiger partial charge in [0.1, 0.15) is 0 Å². The predicted molar refractivity (Wildman–Crippen MR) is 114 cm³/mol. The smallest absolute Gasteiger partial charge is 0.255 e. The maximum absolute atomic E-state index is 12.9. The lowest BCUT2D eigenvalue weighted by Crippen LogP contribution is -2.46.